The van der Waals surface area contributed by atoms with Gasteiger partial charge in [0.25, 0.3) is 0 Å². The van der Waals surface area contributed by atoms with Gasteiger partial charge >= 0.3 is 23.9 Å². The Bertz CT molecular complexity index is 555. The predicted octanol–water partition coefficient (Wildman–Crippen LogP) is 4.05. The SMILES string of the molecule is COC(=O)C(CCCCCCC(=O)O)C(CCCCC(C)(C)CC(=O)O)C(=O)OC. The molecule has 0 fully saturated rings. The van der Waals surface area contributed by atoms with Crippen LogP contribution in [0.2, 0.25) is 0 Å². The van der Waals surface area contributed by atoms with Crippen molar-refractivity contribution in [1.82, 2.24) is 0 Å². The average molecular weight is 431 g/mol. The minimum absolute atomic E-state index is 0.0834. The van der Waals surface area contributed by atoms with Crippen molar-refractivity contribution < 1.29 is 38.9 Å². The van der Waals surface area contributed by atoms with E-state index in [1.165, 1.54) is 14.2 Å². The van der Waals surface area contributed by atoms with E-state index in [0.717, 1.165) is 19.3 Å². The first-order valence-electron chi connectivity index (χ1n) is 10.6. The lowest BCUT2D eigenvalue weighted by Crippen LogP contribution is -2.32. The molecule has 174 valence electrons. The van der Waals surface area contributed by atoms with Crippen LogP contribution < -0.4 is 0 Å². The molecule has 0 spiro atoms. The molecule has 8 nitrogen and oxygen atoms in total. The lowest BCUT2D eigenvalue weighted by atomic mass is 9.81. The molecule has 0 bridgehead atoms. The van der Waals surface area contributed by atoms with Gasteiger partial charge in [0.15, 0.2) is 0 Å². The van der Waals surface area contributed by atoms with Crippen LogP contribution in [0.25, 0.3) is 0 Å². The molecule has 0 amide bonds. The summed E-state index contributed by atoms with van der Waals surface area (Å²) in [6.45, 7) is 3.81. The summed E-state index contributed by atoms with van der Waals surface area (Å²) in [7, 11) is 2.59. The second-order valence-corrected chi connectivity index (χ2v) is 8.59. The minimum atomic E-state index is -0.832. The Labute approximate surface area is 179 Å². The number of hydrogen-bond acceptors (Lipinski definition) is 6. The fourth-order valence-electron chi connectivity index (χ4n) is 3.73. The first-order valence-corrected chi connectivity index (χ1v) is 10.6. The molecule has 0 aliphatic rings. The summed E-state index contributed by atoms with van der Waals surface area (Å²) in [6, 6.07) is 0. The molecule has 2 unspecified atom stereocenters. The molecule has 0 aliphatic carbocycles. The maximum atomic E-state index is 12.3. The zero-order valence-electron chi connectivity index (χ0n) is 18.8. The van der Waals surface area contributed by atoms with Gasteiger partial charge in [-0.05, 0) is 31.1 Å². The highest BCUT2D eigenvalue weighted by molar-refractivity contribution is 5.82. The number of carbonyl (C=O) groups excluding carboxylic acids is 2. The smallest absolute Gasteiger partial charge is 0.309 e. The van der Waals surface area contributed by atoms with Gasteiger partial charge in [-0.15, -0.1) is 0 Å². The second-order valence-electron chi connectivity index (χ2n) is 8.59. The van der Waals surface area contributed by atoms with Gasteiger partial charge in [0, 0.05) is 6.42 Å². The van der Waals surface area contributed by atoms with Crippen LogP contribution in [-0.4, -0.2) is 48.3 Å². The highest BCUT2D eigenvalue weighted by Gasteiger charge is 2.34. The van der Waals surface area contributed by atoms with Gasteiger partial charge in [-0.1, -0.05) is 46.0 Å². The van der Waals surface area contributed by atoms with Crippen molar-refractivity contribution in [3.8, 4) is 0 Å². The van der Waals surface area contributed by atoms with Gasteiger partial charge in [0.2, 0.25) is 0 Å². The zero-order chi connectivity index (χ0) is 23.2. The van der Waals surface area contributed by atoms with Crippen molar-refractivity contribution in [1.29, 1.82) is 0 Å². The number of aliphatic carboxylic acids is 2. The maximum absolute atomic E-state index is 12.3. The van der Waals surface area contributed by atoms with Crippen molar-refractivity contribution in [3.05, 3.63) is 0 Å². The molecular formula is C22H38O8. The third-order valence-electron chi connectivity index (χ3n) is 5.40. The third-order valence-corrected chi connectivity index (χ3v) is 5.40. The minimum Gasteiger partial charge on any atom is -0.481 e. The fourth-order valence-corrected chi connectivity index (χ4v) is 3.73. The van der Waals surface area contributed by atoms with E-state index in [0.29, 0.717) is 38.5 Å². The van der Waals surface area contributed by atoms with E-state index in [9.17, 15) is 19.2 Å². The van der Waals surface area contributed by atoms with Crippen LogP contribution >= 0.6 is 0 Å². The summed E-state index contributed by atoms with van der Waals surface area (Å²) in [6.07, 6.45) is 6.09. The Morgan fingerprint density at radius 1 is 0.733 bits per heavy atom. The molecule has 0 aromatic rings. The molecule has 30 heavy (non-hydrogen) atoms. The van der Waals surface area contributed by atoms with E-state index in [1.54, 1.807) is 0 Å². The summed E-state index contributed by atoms with van der Waals surface area (Å²) in [4.78, 5) is 46.2. The average Bonchev–Trinajstić information content (AvgIpc) is 2.65. The van der Waals surface area contributed by atoms with Crippen LogP contribution in [0.5, 0.6) is 0 Å². The van der Waals surface area contributed by atoms with Crippen molar-refractivity contribution in [3.63, 3.8) is 0 Å². The number of unbranched alkanes of at least 4 members (excludes halogenated alkanes) is 4. The van der Waals surface area contributed by atoms with E-state index in [1.807, 2.05) is 13.8 Å². The van der Waals surface area contributed by atoms with Crippen LogP contribution in [0.1, 0.15) is 84.5 Å². The first kappa shape index (κ1) is 27.9. The molecule has 0 radical (unpaired) electrons. The molecule has 2 atom stereocenters. The molecule has 0 aliphatic heterocycles. The molecule has 0 heterocycles. The zero-order valence-corrected chi connectivity index (χ0v) is 18.8. The van der Waals surface area contributed by atoms with Crippen LogP contribution in [0, 0.1) is 17.3 Å². The third kappa shape index (κ3) is 12.4. The van der Waals surface area contributed by atoms with Crippen molar-refractivity contribution in [2.75, 3.05) is 14.2 Å². The van der Waals surface area contributed by atoms with E-state index in [2.05, 4.69) is 0 Å². The summed E-state index contributed by atoms with van der Waals surface area (Å²) >= 11 is 0. The molecule has 0 rings (SSSR count). The van der Waals surface area contributed by atoms with E-state index in [4.69, 9.17) is 19.7 Å². The summed E-state index contributed by atoms with van der Waals surface area (Å²) in [5, 5.41) is 17.7. The molecule has 0 saturated heterocycles. The fraction of sp³-hybridized carbons (Fsp3) is 0.818. The van der Waals surface area contributed by atoms with Gasteiger partial charge in [0.1, 0.15) is 0 Å². The van der Waals surface area contributed by atoms with Gasteiger partial charge < -0.3 is 19.7 Å². The second kappa shape index (κ2) is 14.8. The van der Waals surface area contributed by atoms with E-state index < -0.39 is 35.7 Å². The van der Waals surface area contributed by atoms with Crippen molar-refractivity contribution in [2.24, 2.45) is 17.3 Å². The number of ether oxygens (including phenoxy) is 2. The number of hydrogen-bond donors (Lipinski definition) is 2. The quantitative estimate of drug-likeness (QED) is 0.261. The largest absolute Gasteiger partial charge is 0.481 e. The van der Waals surface area contributed by atoms with Crippen LogP contribution in [0.3, 0.4) is 0 Å². The van der Waals surface area contributed by atoms with Crippen molar-refractivity contribution >= 4 is 23.9 Å². The number of carboxylic acid groups (broad SMARTS) is 2. The van der Waals surface area contributed by atoms with Gasteiger partial charge in [-0.25, -0.2) is 0 Å². The predicted molar refractivity (Wildman–Crippen MR) is 111 cm³/mol. The van der Waals surface area contributed by atoms with Crippen LogP contribution in [0.4, 0.5) is 0 Å². The van der Waals surface area contributed by atoms with Gasteiger partial charge in [-0.2, -0.15) is 0 Å². The van der Waals surface area contributed by atoms with Gasteiger partial charge in [-0.3, -0.25) is 19.2 Å². The Kier molecular flexibility index (Phi) is 13.8. The standard InChI is InChI=1S/C22H38O8/c1-22(2,15-19(25)26)14-10-9-12-17(21(28)30-4)16(20(27)29-3)11-7-5-6-8-13-18(23)24/h16-17H,5-15H2,1-4H3,(H,23,24)(H,25,26). The topological polar surface area (TPSA) is 127 Å². The summed E-state index contributed by atoms with van der Waals surface area (Å²) in [5.41, 5.74) is -0.329. The lowest BCUT2D eigenvalue weighted by molar-refractivity contribution is -0.158. The monoisotopic (exact) mass is 430 g/mol. The molecule has 8 heteroatoms. The Morgan fingerprint density at radius 3 is 1.63 bits per heavy atom. The highest BCUT2D eigenvalue weighted by atomic mass is 16.5. The molecular weight excluding hydrogens is 392 g/mol. The number of esters is 2. The summed E-state index contributed by atoms with van der Waals surface area (Å²) < 4.78 is 9.83. The highest BCUT2D eigenvalue weighted by Crippen LogP contribution is 2.31. The molecule has 0 aromatic heterocycles. The molecule has 0 aromatic carbocycles. The maximum Gasteiger partial charge on any atom is 0.309 e. The van der Waals surface area contributed by atoms with Crippen molar-refractivity contribution in [2.45, 2.75) is 84.5 Å². The normalized spacial score (nSPS) is 13.3. The first-order chi connectivity index (χ1) is 14.0. The van der Waals surface area contributed by atoms with Gasteiger partial charge in [0.05, 0.1) is 32.5 Å². The molecule has 0 saturated carbocycles. The number of carboxylic acids is 2. The van der Waals surface area contributed by atoms with Crippen LogP contribution in [0.15, 0.2) is 0 Å². The Balaban J connectivity index is 4.78. The number of rotatable bonds is 17. The van der Waals surface area contributed by atoms with Crippen LogP contribution in [-0.2, 0) is 28.7 Å². The van der Waals surface area contributed by atoms with E-state index >= 15 is 0 Å². The lowest BCUT2D eigenvalue weighted by Gasteiger charge is -2.25. The molecule has 2 N–H and O–H groups in total. The number of carbonyl (C=O) groups is 4. The van der Waals surface area contributed by atoms with E-state index in [-0.39, 0.29) is 18.3 Å². The Morgan fingerprint density at radius 2 is 1.20 bits per heavy atom. The summed E-state index contributed by atoms with van der Waals surface area (Å²) in [5.74, 6) is -3.75. The Hall–Kier alpha value is -2.12. The number of methoxy groups -OCH3 is 2.